The zero-order valence-electron chi connectivity index (χ0n) is 24.0. The Morgan fingerprint density at radius 1 is 1.09 bits per heavy atom. The molecule has 0 aliphatic heterocycles. The molecule has 0 saturated carbocycles. The van der Waals surface area contributed by atoms with Gasteiger partial charge in [-0.1, -0.05) is 37.6 Å². The topological polar surface area (TPSA) is 142 Å². The highest BCUT2D eigenvalue weighted by molar-refractivity contribution is 7.90. The molecule has 0 amide bonds. The average Bonchev–Trinajstić information content (AvgIpc) is 3.39. The molecule has 0 radical (unpaired) electrons. The Bertz CT molecular complexity index is 1880. The minimum atomic E-state index is -4.05. The summed E-state index contributed by atoms with van der Waals surface area (Å²) in [5, 5.41) is 3.43. The lowest BCUT2D eigenvalue weighted by molar-refractivity contribution is -0.143. The van der Waals surface area contributed by atoms with Gasteiger partial charge in [0.1, 0.15) is 6.33 Å². The van der Waals surface area contributed by atoms with Gasteiger partial charge in [-0.15, -0.1) is 0 Å². The van der Waals surface area contributed by atoms with Crippen molar-refractivity contribution in [2.45, 2.75) is 50.5 Å². The van der Waals surface area contributed by atoms with Crippen molar-refractivity contribution in [1.29, 1.82) is 0 Å². The number of rotatable bonds is 10. The second-order valence-corrected chi connectivity index (χ2v) is 12.3. The molecule has 0 aliphatic rings. The molecule has 0 spiro atoms. The van der Waals surface area contributed by atoms with E-state index < -0.39 is 33.3 Å². The normalized spacial score (nSPS) is 12.7. The van der Waals surface area contributed by atoms with Crippen LogP contribution >= 0.6 is 0 Å². The molecule has 1 N–H and O–H groups in total. The van der Waals surface area contributed by atoms with Crippen LogP contribution in [0.1, 0.15) is 38.4 Å². The Hall–Kier alpha value is -4.78. The first-order valence-corrected chi connectivity index (χ1v) is 15.0. The monoisotopic (exact) mass is 603 g/mol. The van der Waals surface area contributed by atoms with Crippen LogP contribution in [0.15, 0.2) is 78.5 Å². The van der Waals surface area contributed by atoms with Crippen molar-refractivity contribution in [2.24, 2.45) is 0 Å². The average molecular weight is 604 g/mol. The van der Waals surface area contributed by atoms with Crippen LogP contribution in [0.5, 0.6) is 0 Å². The highest BCUT2D eigenvalue weighted by Gasteiger charge is 2.36. The standard InChI is InChI=1S/C30H30FN7O4S/c1-5-42-26(39)14-25(30(3,4)24-8-6-7-13-33-24)36-28-23(31)16-34-27(37-28)22-17-38(29-21(22)15-32-18-35-29)43(40,41)20-11-9-19(2)10-12-20/h6-13,15-18,25H,5,14H2,1-4H3,(H,34,36,37). The van der Waals surface area contributed by atoms with E-state index in [2.05, 4.69) is 30.2 Å². The molecule has 0 fully saturated rings. The van der Waals surface area contributed by atoms with Crippen LogP contribution in [0.25, 0.3) is 22.4 Å². The van der Waals surface area contributed by atoms with Gasteiger partial charge >= 0.3 is 5.97 Å². The van der Waals surface area contributed by atoms with Crippen LogP contribution in [-0.4, -0.2) is 55.9 Å². The van der Waals surface area contributed by atoms with Crippen molar-refractivity contribution in [3.05, 3.63) is 90.7 Å². The Kier molecular flexibility index (Phi) is 8.18. The first-order chi connectivity index (χ1) is 20.5. The lowest BCUT2D eigenvalue weighted by Gasteiger charge is -2.34. The van der Waals surface area contributed by atoms with Crippen molar-refractivity contribution >= 4 is 32.8 Å². The Balaban J connectivity index is 1.58. The third-order valence-corrected chi connectivity index (χ3v) is 8.85. The summed E-state index contributed by atoms with van der Waals surface area (Å²) in [4.78, 5) is 34.0. The molecule has 11 nitrogen and oxygen atoms in total. The van der Waals surface area contributed by atoms with Gasteiger partial charge in [0.15, 0.2) is 23.1 Å². The highest BCUT2D eigenvalue weighted by atomic mass is 32.2. The Morgan fingerprint density at radius 2 is 1.86 bits per heavy atom. The number of pyridine rings is 1. The summed E-state index contributed by atoms with van der Waals surface area (Å²) in [6.45, 7) is 7.53. The van der Waals surface area contributed by atoms with Gasteiger partial charge in [0.05, 0.1) is 24.1 Å². The van der Waals surface area contributed by atoms with Gasteiger partial charge in [-0.25, -0.2) is 36.7 Å². The number of esters is 1. The van der Waals surface area contributed by atoms with Crippen LogP contribution < -0.4 is 5.32 Å². The number of hydrogen-bond donors (Lipinski definition) is 1. The lowest BCUT2D eigenvalue weighted by atomic mass is 9.79. The number of carbonyl (C=O) groups is 1. The zero-order valence-corrected chi connectivity index (χ0v) is 24.8. The van der Waals surface area contributed by atoms with E-state index in [4.69, 9.17) is 4.74 Å². The number of carbonyl (C=O) groups excluding carboxylic acids is 1. The molecule has 0 saturated heterocycles. The number of aryl methyl sites for hydroxylation is 1. The first-order valence-electron chi connectivity index (χ1n) is 13.5. The largest absolute Gasteiger partial charge is 0.466 e. The van der Waals surface area contributed by atoms with Crippen molar-refractivity contribution in [3.8, 4) is 11.4 Å². The van der Waals surface area contributed by atoms with Crippen molar-refractivity contribution in [2.75, 3.05) is 11.9 Å². The molecule has 5 aromatic rings. The summed E-state index contributed by atoms with van der Waals surface area (Å²) in [5.41, 5.74) is 1.21. The molecule has 43 heavy (non-hydrogen) atoms. The van der Waals surface area contributed by atoms with Crippen LogP contribution in [-0.2, 0) is 25.0 Å². The first kappa shape index (κ1) is 29.7. The second kappa shape index (κ2) is 11.8. The molecule has 0 aliphatic carbocycles. The minimum absolute atomic E-state index is 0.0343. The number of nitrogens with zero attached hydrogens (tertiary/aromatic N) is 6. The number of benzene rings is 1. The van der Waals surface area contributed by atoms with Gasteiger partial charge in [0.2, 0.25) is 0 Å². The molecule has 222 valence electrons. The zero-order chi connectivity index (χ0) is 30.8. The molecule has 4 aromatic heterocycles. The smallest absolute Gasteiger partial charge is 0.307 e. The summed E-state index contributed by atoms with van der Waals surface area (Å²) >= 11 is 0. The van der Waals surface area contributed by atoms with Crippen molar-refractivity contribution in [1.82, 2.24) is 28.9 Å². The van der Waals surface area contributed by atoms with Gasteiger partial charge in [-0.3, -0.25) is 9.78 Å². The molecule has 4 heterocycles. The number of halogens is 1. The van der Waals surface area contributed by atoms with E-state index >= 15 is 4.39 Å². The fourth-order valence-electron chi connectivity index (χ4n) is 4.68. The summed E-state index contributed by atoms with van der Waals surface area (Å²) in [7, 11) is -4.05. The Labute approximate surface area is 248 Å². The molecular formula is C30H30FN7O4S. The van der Waals surface area contributed by atoms with Crippen LogP contribution in [0.3, 0.4) is 0 Å². The maximum atomic E-state index is 15.2. The van der Waals surface area contributed by atoms with Crippen molar-refractivity contribution in [3.63, 3.8) is 0 Å². The van der Waals surface area contributed by atoms with Crippen LogP contribution in [0, 0.1) is 12.7 Å². The number of anilines is 1. The van der Waals surface area contributed by atoms with E-state index in [9.17, 15) is 13.2 Å². The SMILES string of the molecule is CCOC(=O)CC(Nc1nc(-c2cn(S(=O)(=O)c3ccc(C)cc3)c3ncncc23)ncc1F)C(C)(C)c1ccccn1. The van der Waals surface area contributed by atoms with Gasteiger partial charge in [-0.2, -0.15) is 0 Å². The molecular weight excluding hydrogens is 573 g/mol. The molecule has 13 heteroatoms. The van der Waals surface area contributed by atoms with E-state index in [1.165, 1.54) is 30.9 Å². The second-order valence-electron chi connectivity index (χ2n) is 10.4. The van der Waals surface area contributed by atoms with E-state index in [0.717, 1.165) is 15.7 Å². The van der Waals surface area contributed by atoms with Crippen LogP contribution in [0.4, 0.5) is 10.2 Å². The summed E-state index contributed by atoms with van der Waals surface area (Å²) in [6, 6.07) is 11.2. The molecule has 1 atom stereocenters. The maximum Gasteiger partial charge on any atom is 0.307 e. The maximum absolute atomic E-state index is 15.2. The summed E-state index contributed by atoms with van der Waals surface area (Å²) in [5.74, 6) is -1.38. The predicted octanol–water partition coefficient (Wildman–Crippen LogP) is 4.68. The molecule has 0 bridgehead atoms. The van der Waals surface area contributed by atoms with E-state index in [0.29, 0.717) is 11.1 Å². The molecule has 1 aromatic carbocycles. The number of fused-ring (bicyclic) bond motifs is 1. The molecule has 1 unspecified atom stereocenters. The quantitative estimate of drug-likeness (QED) is 0.224. The number of hydrogen-bond acceptors (Lipinski definition) is 10. The number of ether oxygens (including phenoxy) is 1. The third kappa shape index (κ3) is 5.93. The van der Waals surface area contributed by atoms with Crippen molar-refractivity contribution < 1.29 is 22.3 Å². The van der Waals surface area contributed by atoms with Gasteiger partial charge in [0.25, 0.3) is 10.0 Å². The fraction of sp³-hybridized carbons (Fsp3) is 0.267. The predicted molar refractivity (Wildman–Crippen MR) is 158 cm³/mol. The van der Waals surface area contributed by atoms with E-state index in [1.54, 1.807) is 31.3 Å². The summed E-state index contributed by atoms with van der Waals surface area (Å²) < 4.78 is 48.7. The van der Waals surface area contributed by atoms with Crippen LogP contribution in [0.2, 0.25) is 0 Å². The Morgan fingerprint density at radius 3 is 2.56 bits per heavy atom. The van der Waals surface area contributed by atoms with E-state index in [1.807, 2.05) is 32.9 Å². The third-order valence-electron chi connectivity index (χ3n) is 7.18. The van der Waals surface area contributed by atoms with Gasteiger partial charge < -0.3 is 10.1 Å². The lowest BCUT2D eigenvalue weighted by Crippen LogP contribution is -2.42. The van der Waals surface area contributed by atoms with Gasteiger partial charge in [0, 0.05) is 46.7 Å². The number of nitrogens with one attached hydrogen (secondary N) is 1. The number of aromatic nitrogens is 6. The van der Waals surface area contributed by atoms with Gasteiger partial charge in [-0.05, 0) is 38.1 Å². The fourth-order valence-corrected chi connectivity index (χ4v) is 6.01. The molecule has 5 rings (SSSR count). The highest BCUT2D eigenvalue weighted by Crippen LogP contribution is 2.33. The van der Waals surface area contributed by atoms with E-state index in [-0.39, 0.29) is 40.8 Å². The summed E-state index contributed by atoms with van der Waals surface area (Å²) in [6.07, 6.45) is 6.57. The minimum Gasteiger partial charge on any atom is -0.466 e.